The minimum Gasteiger partial charge on any atom is -0.303 e. The molecule has 2 atom stereocenters. The maximum Gasteiger partial charge on any atom is 0.131 e. The second-order valence-corrected chi connectivity index (χ2v) is 3.57. The van der Waals surface area contributed by atoms with Gasteiger partial charge in [0.2, 0.25) is 0 Å². The fourth-order valence-electron chi connectivity index (χ4n) is 0.718. The number of alkyl halides is 2. The van der Waals surface area contributed by atoms with Crippen molar-refractivity contribution in [3.8, 4) is 0 Å². The van der Waals surface area contributed by atoms with Crippen LogP contribution in [0.1, 0.15) is 6.92 Å². The molecule has 0 aliphatic heterocycles. The first-order valence-electron chi connectivity index (χ1n) is 2.44. The Labute approximate surface area is 58.0 Å². The molecule has 3 heteroatoms. The van der Waals surface area contributed by atoms with Crippen LogP contribution in [0.15, 0.2) is 0 Å². The lowest BCUT2D eigenvalue weighted by atomic mass is 10.4. The summed E-state index contributed by atoms with van der Waals surface area (Å²) < 4.78 is -0.748. The van der Waals surface area contributed by atoms with E-state index in [-0.39, 0.29) is 11.8 Å². The summed E-state index contributed by atoms with van der Waals surface area (Å²) in [6, 6.07) is 0. The average molecular weight is 153 g/mol. The molecule has 0 aromatic carbocycles. The van der Waals surface area contributed by atoms with Crippen molar-refractivity contribution < 1.29 is 4.79 Å². The molecule has 1 saturated carbocycles. The topological polar surface area (TPSA) is 17.1 Å². The first-order valence-corrected chi connectivity index (χ1v) is 3.19. The molecule has 1 nitrogen and oxygen atoms in total. The molecule has 8 heavy (non-hydrogen) atoms. The minimum absolute atomic E-state index is 0.133. The highest BCUT2D eigenvalue weighted by Gasteiger charge is 2.60. The molecule has 0 aromatic heterocycles. The normalized spacial score (nSPS) is 41.4. The Morgan fingerprint density at radius 1 is 1.62 bits per heavy atom. The summed E-state index contributed by atoms with van der Waals surface area (Å²) in [5.74, 6) is 0.00849. The first kappa shape index (κ1) is 6.37. The summed E-state index contributed by atoms with van der Waals surface area (Å²) in [5.41, 5.74) is 0. The van der Waals surface area contributed by atoms with Gasteiger partial charge >= 0.3 is 0 Å². The molecular weight excluding hydrogens is 147 g/mol. The second kappa shape index (κ2) is 1.61. The van der Waals surface area contributed by atoms with Gasteiger partial charge in [0, 0.05) is 5.92 Å². The van der Waals surface area contributed by atoms with E-state index in [9.17, 15) is 4.79 Å². The average Bonchev–Trinajstić information content (AvgIpc) is 2.09. The molecular formula is C5H6Cl2O. The van der Waals surface area contributed by atoms with Crippen molar-refractivity contribution in [1.82, 2.24) is 0 Å². The summed E-state index contributed by atoms with van der Waals surface area (Å²) >= 11 is 11.2. The zero-order valence-corrected chi connectivity index (χ0v) is 5.91. The Hall–Kier alpha value is 0.250. The van der Waals surface area contributed by atoms with Gasteiger partial charge in [0.05, 0.1) is 5.92 Å². The van der Waals surface area contributed by atoms with Crippen LogP contribution in [0.5, 0.6) is 0 Å². The predicted octanol–water partition coefficient (Wildman–Crippen LogP) is 1.63. The maximum absolute atomic E-state index is 10.0. The molecule has 0 bridgehead atoms. The predicted molar refractivity (Wildman–Crippen MR) is 33.2 cm³/mol. The summed E-state index contributed by atoms with van der Waals surface area (Å²) in [7, 11) is 0. The van der Waals surface area contributed by atoms with E-state index in [1.807, 2.05) is 6.92 Å². The van der Waals surface area contributed by atoms with Crippen molar-refractivity contribution in [3.63, 3.8) is 0 Å². The Balaban J connectivity index is 2.57. The van der Waals surface area contributed by atoms with E-state index in [4.69, 9.17) is 23.2 Å². The first-order chi connectivity index (χ1) is 3.60. The third-order valence-corrected chi connectivity index (χ3v) is 2.82. The largest absolute Gasteiger partial charge is 0.303 e. The van der Waals surface area contributed by atoms with Crippen molar-refractivity contribution in [1.29, 1.82) is 0 Å². The SMILES string of the molecule is C[C@H]1[C@H](C=O)C1(Cl)Cl. The summed E-state index contributed by atoms with van der Waals surface area (Å²) in [6.07, 6.45) is 0.810. The third kappa shape index (κ3) is 0.652. The van der Waals surface area contributed by atoms with Gasteiger partial charge in [-0.05, 0) is 0 Å². The van der Waals surface area contributed by atoms with Crippen LogP contribution in [-0.4, -0.2) is 10.6 Å². The second-order valence-electron chi connectivity index (χ2n) is 2.13. The molecule has 0 saturated heterocycles. The van der Waals surface area contributed by atoms with Gasteiger partial charge in [0.15, 0.2) is 0 Å². The van der Waals surface area contributed by atoms with Crippen LogP contribution in [0.3, 0.4) is 0 Å². The van der Waals surface area contributed by atoms with Gasteiger partial charge in [-0.3, -0.25) is 0 Å². The van der Waals surface area contributed by atoms with Crippen LogP contribution in [-0.2, 0) is 4.79 Å². The summed E-state index contributed by atoms with van der Waals surface area (Å²) in [5, 5.41) is 0. The summed E-state index contributed by atoms with van der Waals surface area (Å²) in [4.78, 5) is 10.0. The monoisotopic (exact) mass is 152 g/mol. The van der Waals surface area contributed by atoms with E-state index in [0.717, 1.165) is 6.29 Å². The lowest BCUT2D eigenvalue weighted by molar-refractivity contribution is -0.109. The Morgan fingerprint density at radius 2 is 2.00 bits per heavy atom. The van der Waals surface area contributed by atoms with Gasteiger partial charge in [-0.2, -0.15) is 0 Å². The Bertz CT molecular complexity index is 122. The molecule has 1 rings (SSSR count). The molecule has 0 spiro atoms. The van der Waals surface area contributed by atoms with Gasteiger partial charge in [0.1, 0.15) is 10.6 Å². The maximum atomic E-state index is 10.0. The van der Waals surface area contributed by atoms with Crippen molar-refractivity contribution >= 4 is 29.5 Å². The van der Waals surface area contributed by atoms with E-state index in [0.29, 0.717) is 0 Å². The van der Waals surface area contributed by atoms with Crippen molar-refractivity contribution in [3.05, 3.63) is 0 Å². The molecule has 0 amide bonds. The van der Waals surface area contributed by atoms with Crippen LogP contribution >= 0.6 is 23.2 Å². The molecule has 1 fully saturated rings. The van der Waals surface area contributed by atoms with Gasteiger partial charge in [0.25, 0.3) is 0 Å². The highest BCUT2D eigenvalue weighted by Crippen LogP contribution is 2.57. The number of hydrogen-bond acceptors (Lipinski definition) is 1. The lowest BCUT2D eigenvalue weighted by Gasteiger charge is -1.86. The number of halogens is 2. The Morgan fingerprint density at radius 3 is 2.00 bits per heavy atom. The zero-order chi connectivity index (χ0) is 6.36. The molecule has 46 valence electrons. The number of rotatable bonds is 1. The molecule has 0 aromatic rings. The van der Waals surface area contributed by atoms with Gasteiger partial charge in [-0.15, -0.1) is 23.2 Å². The van der Waals surface area contributed by atoms with Crippen LogP contribution in [0.25, 0.3) is 0 Å². The smallest absolute Gasteiger partial charge is 0.131 e. The molecule has 0 N–H and O–H groups in total. The fraction of sp³-hybridized carbons (Fsp3) is 0.800. The zero-order valence-electron chi connectivity index (χ0n) is 4.40. The quantitative estimate of drug-likeness (QED) is 0.413. The van der Waals surface area contributed by atoms with Crippen LogP contribution in [0.2, 0.25) is 0 Å². The van der Waals surface area contributed by atoms with E-state index in [2.05, 4.69) is 0 Å². The fourth-order valence-corrected chi connectivity index (χ4v) is 1.34. The molecule has 0 radical (unpaired) electrons. The summed E-state index contributed by atoms with van der Waals surface area (Å²) in [6.45, 7) is 1.86. The van der Waals surface area contributed by atoms with Crippen molar-refractivity contribution in [2.45, 2.75) is 11.3 Å². The molecule has 0 unspecified atom stereocenters. The standard InChI is InChI=1S/C5H6Cl2O/c1-3-4(2-8)5(3,6)7/h2-4H,1H3/t3-,4-/m0/s1. The van der Waals surface area contributed by atoms with Crippen molar-refractivity contribution in [2.24, 2.45) is 11.8 Å². The van der Waals surface area contributed by atoms with Gasteiger partial charge < -0.3 is 4.79 Å². The van der Waals surface area contributed by atoms with Crippen molar-refractivity contribution in [2.75, 3.05) is 0 Å². The van der Waals surface area contributed by atoms with Crippen LogP contribution < -0.4 is 0 Å². The molecule has 1 aliphatic rings. The number of carbonyl (C=O) groups is 1. The highest BCUT2D eigenvalue weighted by atomic mass is 35.5. The highest BCUT2D eigenvalue weighted by molar-refractivity contribution is 6.52. The number of carbonyl (C=O) groups excluding carboxylic acids is 1. The van der Waals surface area contributed by atoms with E-state index >= 15 is 0 Å². The van der Waals surface area contributed by atoms with Gasteiger partial charge in [-0.25, -0.2) is 0 Å². The minimum atomic E-state index is -0.748. The third-order valence-electron chi connectivity index (χ3n) is 1.63. The number of aldehydes is 1. The van der Waals surface area contributed by atoms with Crippen LogP contribution in [0.4, 0.5) is 0 Å². The van der Waals surface area contributed by atoms with E-state index < -0.39 is 4.33 Å². The molecule has 0 heterocycles. The van der Waals surface area contributed by atoms with E-state index in [1.54, 1.807) is 0 Å². The Kier molecular flexibility index (Phi) is 1.28. The number of hydrogen-bond donors (Lipinski definition) is 0. The van der Waals surface area contributed by atoms with E-state index in [1.165, 1.54) is 0 Å². The van der Waals surface area contributed by atoms with Gasteiger partial charge in [-0.1, -0.05) is 6.92 Å². The lowest BCUT2D eigenvalue weighted by Crippen LogP contribution is -1.89. The molecule has 1 aliphatic carbocycles. The van der Waals surface area contributed by atoms with Crippen LogP contribution in [0, 0.1) is 11.8 Å².